The molecule has 0 bridgehead atoms. The summed E-state index contributed by atoms with van der Waals surface area (Å²) in [5.41, 5.74) is 0.834. The van der Waals surface area contributed by atoms with E-state index >= 15 is 0 Å². The molecule has 1 aromatic carbocycles. The van der Waals surface area contributed by atoms with Crippen molar-refractivity contribution in [1.82, 2.24) is 0 Å². The summed E-state index contributed by atoms with van der Waals surface area (Å²) in [7, 11) is 0. The first-order valence-electron chi connectivity index (χ1n) is 4.60. The van der Waals surface area contributed by atoms with Gasteiger partial charge in [-0.2, -0.15) is 12.6 Å². The minimum absolute atomic E-state index is 0.341. The summed E-state index contributed by atoms with van der Waals surface area (Å²) in [6.45, 7) is 2.09. The van der Waals surface area contributed by atoms with Crippen LogP contribution in [0.25, 0.3) is 0 Å². The van der Waals surface area contributed by atoms with Crippen LogP contribution in [0, 0.1) is 0 Å². The van der Waals surface area contributed by atoms with Crippen molar-refractivity contribution in [2.75, 3.05) is 6.61 Å². The van der Waals surface area contributed by atoms with Gasteiger partial charge in [0.05, 0.1) is 6.61 Å². The molecule has 0 aliphatic rings. The fourth-order valence-corrected chi connectivity index (χ4v) is 1.54. The molecule has 0 saturated heterocycles. The van der Waals surface area contributed by atoms with Gasteiger partial charge in [0.1, 0.15) is 5.25 Å². The van der Waals surface area contributed by atoms with Crippen molar-refractivity contribution in [3.05, 3.63) is 35.9 Å². The molecule has 0 fully saturated rings. The van der Waals surface area contributed by atoms with Gasteiger partial charge >= 0.3 is 5.97 Å². The van der Waals surface area contributed by atoms with E-state index < -0.39 is 11.2 Å². The SMILES string of the molecule is CCOC(=O)C(S)C(=S)c1ccccc1. The molecule has 0 N–H and O–H groups in total. The van der Waals surface area contributed by atoms with Crippen molar-refractivity contribution in [3.8, 4) is 0 Å². The standard InChI is InChI=1S/C11H12O2S2/c1-2-13-11(12)10(15)9(14)8-6-4-3-5-7-8/h3-7,10,15H,2H2,1H3. The third kappa shape index (κ3) is 3.32. The van der Waals surface area contributed by atoms with Crippen LogP contribution in [-0.4, -0.2) is 22.7 Å². The average molecular weight is 240 g/mol. The van der Waals surface area contributed by atoms with Gasteiger partial charge in [-0.05, 0) is 12.5 Å². The smallest absolute Gasteiger partial charge is 0.324 e. The number of carbonyl (C=O) groups is 1. The first-order chi connectivity index (χ1) is 7.16. The van der Waals surface area contributed by atoms with E-state index in [4.69, 9.17) is 17.0 Å². The zero-order valence-electron chi connectivity index (χ0n) is 8.34. The van der Waals surface area contributed by atoms with Gasteiger partial charge in [-0.3, -0.25) is 4.79 Å². The van der Waals surface area contributed by atoms with Gasteiger partial charge in [0.2, 0.25) is 0 Å². The van der Waals surface area contributed by atoms with E-state index in [9.17, 15) is 4.79 Å². The Balaban J connectivity index is 2.73. The van der Waals surface area contributed by atoms with Crippen LogP contribution in [0.5, 0.6) is 0 Å². The van der Waals surface area contributed by atoms with Crippen LogP contribution >= 0.6 is 24.8 Å². The average Bonchev–Trinajstić information content (AvgIpc) is 2.28. The minimum Gasteiger partial charge on any atom is -0.465 e. The first kappa shape index (κ1) is 12.2. The molecule has 0 aliphatic heterocycles. The van der Waals surface area contributed by atoms with Gasteiger partial charge < -0.3 is 4.74 Å². The Hall–Kier alpha value is -0.870. The van der Waals surface area contributed by atoms with Gasteiger partial charge in [0.25, 0.3) is 0 Å². The van der Waals surface area contributed by atoms with Crippen molar-refractivity contribution >= 4 is 35.7 Å². The van der Waals surface area contributed by atoms with E-state index in [1.54, 1.807) is 6.92 Å². The first-order valence-corrected chi connectivity index (χ1v) is 5.53. The third-order valence-electron chi connectivity index (χ3n) is 1.82. The lowest BCUT2D eigenvalue weighted by Crippen LogP contribution is -2.26. The maximum absolute atomic E-state index is 11.4. The van der Waals surface area contributed by atoms with Crippen LogP contribution in [0.1, 0.15) is 12.5 Å². The van der Waals surface area contributed by atoms with Crippen molar-refractivity contribution in [3.63, 3.8) is 0 Å². The predicted octanol–water partition coefficient (Wildman–Crippen LogP) is 2.27. The number of benzene rings is 1. The van der Waals surface area contributed by atoms with Crippen molar-refractivity contribution in [2.45, 2.75) is 12.2 Å². The summed E-state index contributed by atoms with van der Waals surface area (Å²) in [5.74, 6) is -0.394. The van der Waals surface area contributed by atoms with E-state index in [0.29, 0.717) is 11.5 Å². The second-order valence-electron chi connectivity index (χ2n) is 2.88. The highest BCUT2D eigenvalue weighted by Gasteiger charge is 2.20. The monoisotopic (exact) mass is 240 g/mol. The zero-order chi connectivity index (χ0) is 11.3. The summed E-state index contributed by atoms with van der Waals surface area (Å²) in [5, 5.41) is -0.664. The van der Waals surface area contributed by atoms with Gasteiger partial charge in [0, 0.05) is 4.86 Å². The van der Waals surface area contributed by atoms with Crippen LogP contribution < -0.4 is 0 Å². The van der Waals surface area contributed by atoms with E-state index in [-0.39, 0.29) is 0 Å². The molecule has 4 heteroatoms. The number of thiol groups is 1. The number of esters is 1. The lowest BCUT2D eigenvalue weighted by atomic mass is 10.1. The van der Waals surface area contributed by atoms with Gasteiger partial charge in [-0.1, -0.05) is 42.5 Å². The Morgan fingerprint density at radius 1 is 1.47 bits per heavy atom. The lowest BCUT2D eigenvalue weighted by molar-refractivity contribution is -0.141. The normalized spacial score (nSPS) is 11.9. The fourth-order valence-electron chi connectivity index (χ4n) is 1.09. The molecule has 1 rings (SSSR count). The van der Waals surface area contributed by atoms with E-state index in [1.165, 1.54) is 0 Å². The van der Waals surface area contributed by atoms with E-state index in [0.717, 1.165) is 5.56 Å². The van der Waals surface area contributed by atoms with Crippen LogP contribution in [-0.2, 0) is 9.53 Å². The summed E-state index contributed by atoms with van der Waals surface area (Å²) in [4.78, 5) is 11.9. The molecule has 15 heavy (non-hydrogen) atoms. The molecule has 1 unspecified atom stereocenters. The minimum atomic E-state index is -0.664. The van der Waals surface area contributed by atoms with E-state index in [1.807, 2.05) is 30.3 Å². The molecule has 2 nitrogen and oxygen atoms in total. The van der Waals surface area contributed by atoms with Gasteiger partial charge in [0.15, 0.2) is 0 Å². The number of hydrogen-bond donors (Lipinski definition) is 1. The zero-order valence-corrected chi connectivity index (χ0v) is 10.1. The molecule has 0 heterocycles. The summed E-state index contributed by atoms with van der Waals surface area (Å²) >= 11 is 9.31. The molecule has 1 aromatic rings. The number of hydrogen-bond acceptors (Lipinski definition) is 4. The Morgan fingerprint density at radius 2 is 2.07 bits per heavy atom. The fraction of sp³-hybridized carbons (Fsp3) is 0.273. The molecule has 80 valence electrons. The lowest BCUT2D eigenvalue weighted by Gasteiger charge is -2.11. The van der Waals surface area contributed by atoms with Crippen LogP contribution in [0.15, 0.2) is 30.3 Å². The maximum Gasteiger partial charge on any atom is 0.324 e. The maximum atomic E-state index is 11.4. The molecular formula is C11H12O2S2. The highest BCUT2D eigenvalue weighted by atomic mass is 32.1. The second-order valence-corrected chi connectivity index (χ2v) is 3.84. The molecule has 0 spiro atoms. The van der Waals surface area contributed by atoms with Crippen molar-refractivity contribution in [1.29, 1.82) is 0 Å². The molecular weight excluding hydrogens is 228 g/mol. The van der Waals surface area contributed by atoms with Gasteiger partial charge in [-0.25, -0.2) is 0 Å². The molecule has 1 atom stereocenters. The molecule has 0 saturated carbocycles. The van der Waals surface area contributed by atoms with Crippen molar-refractivity contribution < 1.29 is 9.53 Å². The van der Waals surface area contributed by atoms with Crippen molar-refractivity contribution in [2.24, 2.45) is 0 Å². The molecule has 0 aromatic heterocycles. The van der Waals surface area contributed by atoms with Crippen LogP contribution in [0.4, 0.5) is 0 Å². The Labute approximate surface area is 100 Å². The molecule has 0 radical (unpaired) electrons. The second kappa shape index (κ2) is 5.88. The molecule has 0 aliphatic carbocycles. The number of rotatable bonds is 4. The topological polar surface area (TPSA) is 26.3 Å². The van der Waals surface area contributed by atoms with Crippen LogP contribution in [0.3, 0.4) is 0 Å². The number of thiocarbonyl (C=S) groups is 1. The van der Waals surface area contributed by atoms with Gasteiger partial charge in [-0.15, -0.1) is 0 Å². The molecule has 0 amide bonds. The Bertz CT molecular complexity index is 349. The summed E-state index contributed by atoms with van der Waals surface area (Å²) < 4.78 is 4.84. The van der Waals surface area contributed by atoms with Crippen LogP contribution in [0.2, 0.25) is 0 Å². The summed E-state index contributed by atoms with van der Waals surface area (Å²) in [6.07, 6.45) is 0. The Kier molecular flexibility index (Phi) is 4.78. The largest absolute Gasteiger partial charge is 0.465 e. The Morgan fingerprint density at radius 3 is 2.60 bits per heavy atom. The third-order valence-corrected chi connectivity index (χ3v) is 2.93. The summed E-state index contributed by atoms with van der Waals surface area (Å²) in [6, 6.07) is 9.33. The number of carbonyl (C=O) groups excluding carboxylic acids is 1. The highest BCUT2D eigenvalue weighted by molar-refractivity contribution is 7.87. The quantitative estimate of drug-likeness (QED) is 0.378. The predicted molar refractivity (Wildman–Crippen MR) is 67.5 cm³/mol. The van der Waals surface area contributed by atoms with E-state index in [2.05, 4.69) is 12.6 Å². The highest BCUT2D eigenvalue weighted by Crippen LogP contribution is 2.11. The number of ether oxygens (including phenoxy) is 1.